The molecule has 36 heavy (non-hydrogen) atoms. The number of benzene rings is 3. The molecule has 0 aliphatic carbocycles. The molecule has 4 aromatic rings. The minimum Gasteiger partial charge on any atom is -0.493 e. The molecular weight excluding hydrogens is 476 g/mol. The fourth-order valence-electron chi connectivity index (χ4n) is 4.42. The Labute approximate surface area is 210 Å². The summed E-state index contributed by atoms with van der Waals surface area (Å²) in [6.07, 6.45) is 2.96. The Bertz CT molecular complexity index is 1480. The predicted molar refractivity (Wildman–Crippen MR) is 136 cm³/mol. The van der Waals surface area contributed by atoms with Crippen LogP contribution < -0.4 is 14.8 Å². The lowest BCUT2D eigenvalue weighted by molar-refractivity contribution is 0.242. The summed E-state index contributed by atoms with van der Waals surface area (Å²) in [5.74, 6) is 0.881. The third-order valence-corrected chi connectivity index (χ3v) is 7.47. The third-order valence-electron chi connectivity index (χ3n) is 6.13. The van der Waals surface area contributed by atoms with Crippen LogP contribution in [0, 0.1) is 0 Å². The zero-order chi connectivity index (χ0) is 25.1. The normalized spacial score (nSPS) is 13.5. The Balaban J connectivity index is 1.47. The Morgan fingerprint density at radius 2 is 1.78 bits per heavy atom. The van der Waals surface area contributed by atoms with Crippen LogP contribution in [-0.4, -0.2) is 30.6 Å². The van der Waals surface area contributed by atoms with Gasteiger partial charge in [0.25, 0.3) is 10.0 Å². The number of nitrogens with one attached hydrogen (secondary N) is 2. The Morgan fingerprint density at radius 3 is 2.53 bits per heavy atom. The highest BCUT2D eigenvalue weighted by molar-refractivity contribution is 7.90. The zero-order valence-electron chi connectivity index (χ0n) is 19.7. The van der Waals surface area contributed by atoms with E-state index >= 15 is 0 Å². The van der Waals surface area contributed by atoms with Crippen LogP contribution in [0.25, 0.3) is 11.3 Å². The highest BCUT2D eigenvalue weighted by atomic mass is 32.2. The number of urea groups is 1. The lowest BCUT2D eigenvalue weighted by atomic mass is 9.98. The van der Waals surface area contributed by atoms with E-state index in [2.05, 4.69) is 21.1 Å². The predicted octanol–water partition coefficient (Wildman–Crippen LogP) is 3.99. The molecule has 1 aliphatic heterocycles. The van der Waals surface area contributed by atoms with Gasteiger partial charge in [0.05, 0.1) is 35.3 Å². The van der Waals surface area contributed by atoms with Crippen LogP contribution in [0.2, 0.25) is 0 Å². The van der Waals surface area contributed by atoms with Gasteiger partial charge in [0, 0.05) is 19.0 Å². The molecule has 2 amide bonds. The van der Waals surface area contributed by atoms with Crippen molar-refractivity contribution < 1.29 is 17.9 Å². The minimum absolute atomic E-state index is 0.0126. The monoisotopic (exact) mass is 502 g/mol. The summed E-state index contributed by atoms with van der Waals surface area (Å²) in [7, 11) is -2.13. The summed E-state index contributed by atoms with van der Waals surface area (Å²) in [5, 5.41) is 2.85. The number of carbonyl (C=O) groups is 1. The first-order chi connectivity index (χ1) is 17.4. The van der Waals surface area contributed by atoms with Crippen LogP contribution in [0.5, 0.6) is 5.75 Å². The number of aryl methyl sites for hydroxylation is 1. The van der Waals surface area contributed by atoms with E-state index in [4.69, 9.17) is 4.74 Å². The average Bonchev–Trinajstić information content (AvgIpc) is 3.50. The van der Waals surface area contributed by atoms with E-state index in [0.29, 0.717) is 18.7 Å². The Kier molecular flexibility index (Phi) is 6.47. The van der Waals surface area contributed by atoms with Gasteiger partial charge in [-0.3, -0.25) is 0 Å². The van der Waals surface area contributed by atoms with Crippen LogP contribution in [0.3, 0.4) is 0 Å². The molecule has 0 saturated heterocycles. The van der Waals surface area contributed by atoms with E-state index in [9.17, 15) is 13.2 Å². The first-order valence-electron chi connectivity index (χ1n) is 11.6. The fourth-order valence-corrected chi connectivity index (χ4v) is 5.36. The lowest BCUT2D eigenvalue weighted by Gasteiger charge is -2.20. The SMILES string of the molecule is Cn1cnc(C(Cc2ccccc2)NC(=O)NS(=O)(=O)c2ccccc2)c1-c1ccc2c(c1)CCO2. The molecule has 1 unspecified atom stereocenters. The summed E-state index contributed by atoms with van der Waals surface area (Å²) >= 11 is 0. The zero-order valence-corrected chi connectivity index (χ0v) is 20.5. The summed E-state index contributed by atoms with van der Waals surface area (Å²) in [6, 6.07) is 22.1. The van der Waals surface area contributed by atoms with Gasteiger partial charge in [-0.05, 0) is 47.9 Å². The largest absolute Gasteiger partial charge is 0.493 e. The number of nitrogens with zero attached hydrogens (tertiary/aromatic N) is 2. The summed E-state index contributed by atoms with van der Waals surface area (Å²) in [5.41, 5.74) is 4.54. The van der Waals surface area contributed by atoms with Gasteiger partial charge >= 0.3 is 6.03 Å². The van der Waals surface area contributed by atoms with E-state index in [1.54, 1.807) is 24.5 Å². The smallest absolute Gasteiger partial charge is 0.329 e. The second kappa shape index (κ2) is 9.87. The first-order valence-corrected chi connectivity index (χ1v) is 13.1. The molecule has 8 nitrogen and oxygen atoms in total. The molecule has 1 aromatic heterocycles. The van der Waals surface area contributed by atoms with Gasteiger partial charge in [-0.1, -0.05) is 48.5 Å². The number of rotatable bonds is 7. The lowest BCUT2D eigenvalue weighted by Crippen LogP contribution is -2.42. The first kappa shape index (κ1) is 23.6. The summed E-state index contributed by atoms with van der Waals surface area (Å²) < 4.78 is 35.1. The molecule has 3 aromatic carbocycles. The molecule has 0 bridgehead atoms. The van der Waals surface area contributed by atoms with Gasteiger partial charge in [-0.25, -0.2) is 22.9 Å². The number of imidazole rings is 1. The second-order valence-corrected chi connectivity index (χ2v) is 10.3. The number of sulfonamides is 1. The van der Waals surface area contributed by atoms with Crippen LogP contribution in [-0.2, 0) is 29.9 Å². The van der Waals surface area contributed by atoms with Crippen molar-refractivity contribution in [3.8, 4) is 17.0 Å². The minimum atomic E-state index is -4.03. The van der Waals surface area contributed by atoms with Crippen LogP contribution in [0.4, 0.5) is 4.79 Å². The highest BCUT2D eigenvalue weighted by Gasteiger charge is 2.26. The van der Waals surface area contributed by atoms with E-state index in [1.807, 2.05) is 54.1 Å². The Morgan fingerprint density at radius 1 is 1.06 bits per heavy atom. The number of hydrogen-bond acceptors (Lipinski definition) is 5. The van der Waals surface area contributed by atoms with E-state index < -0.39 is 22.1 Å². The van der Waals surface area contributed by atoms with Crippen LogP contribution in [0.15, 0.2) is 90.1 Å². The maximum Gasteiger partial charge on any atom is 0.329 e. The van der Waals surface area contributed by atoms with E-state index in [-0.39, 0.29) is 4.90 Å². The number of carbonyl (C=O) groups excluding carboxylic acids is 1. The molecule has 0 saturated carbocycles. The third kappa shape index (κ3) is 4.96. The molecule has 0 radical (unpaired) electrons. The van der Waals surface area contributed by atoms with Gasteiger partial charge in [-0.15, -0.1) is 0 Å². The maximum atomic E-state index is 13.0. The van der Waals surface area contributed by atoms with Crippen molar-refractivity contribution >= 4 is 16.1 Å². The molecular formula is C27H26N4O4S. The van der Waals surface area contributed by atoms with Crippen molar-refractivity contribution in [1.29, 1.82) is 0 Å². The van der Waals surface area contributed by atoms with Crippen molar-refractivity contribution in [3.05, 3.63) is 102 Å². The molecule has 0 spiro atoms. The molecule has 184 valence electrons. The number of ether oxygens (including phenoxy) is 1. The summed E-state index contributed by atoms with van der Waals surface area (Å²) in [4.78, 5) is 17.6. The van der Waals surface area contributed by atoms with Crippen molar-refractivity contribution in [2.45, 2.75) is 23.8 Å². The molecule has 9 heteroatoms. The molecule has 2 heterocycles. The molecule has 1 aliphatic rings. The Hall–Kier alpha value is -4.11. The van der Waals surface area contributed by atoms with Crippen molar-refractivity contribution in [1.82, 2.24) is 19.6 Å². The average molecular weight is 503 g/mol. The second-order valence-electron chi connectivity index (χ2n) is 8.64. The number of hydrogen-bond donors (Lipinski definition) is 2. The maximum absolute atomic E-state index is 13.0. The van der Waals surface area contributed by atoms with Crippen LogP contribution >= 0.6 is 0 Å². The van der Waals surface area contributed by atoms with Gasteiger partial charge in [0.15, 0.2) is 0 Å². The van der Waals surface area contributed by atoms with Crippen molar-refractivity contribution in [2.75, 3.05) is 6.61 Å². The highest BCUT2D eigenvalue weighted by Crippen LogP contribution is 2.34. The van der Waals surface area contributed by atoms with Gasteiger partial charge in [-0.2, -0.15) is 0 Å². The van der Waals surface area contributed by atoms with Gasteiger partial charge < -0.3 is 14.6 Å². The summed E-state index contributed by atoms with van der Waals surface area (Å²) in [6.45, 7) is 0.658. The van der Waals surface area contributed by atoms with Gasteiger partial charge in [0.2, 0.25) is 0 Å². The standard InChI is InChI=1S/C27H26N4O4S/c1-31-18-28-25(26(31)21-12-13-24-20(17-21)14-15-35-24)23(16-19-8-4-2-5-9-19)29-27(32)30-36(33,34)22-10-6-3-7-11-22/h2-13,17-18,23H,14-16H2,1H3,(H2,29,30,32). The van der Waals surface area contributed by atoms with E-state index in [1.165, 1.54) is 12.1 Å². The van der Waals surface area contributed by atoms with Crippen molar-refractivity contribution in [3.63, 3.8) is 0 Å². The van der Waals surface area contributed by atoms with Crippen LogP contribution in [0.1, 0.15) is 22.9 Å². The number of aromatic nitrogens is 2. The van der Waals surface area contributed by atoms with Gasteiger partial charge in [0.1, 0.15) is 5.75 Å². The molecule has 5 rings (SSSR count). The van der Waals surface area contributed by atoms with E-state index in [0.717, 1.165) is 34.6 Å². The molecule has 1 atom stereocenters. The number of fused-ring (bicyclic) bond motifs is 1. The number of amides is 2. The topological polar surface area (TPSA) is 102 Å². The van der Waals surface area contributed by atoms with Crippen molar-refractivity contribution in [2.24, 2.45) is 7.05 Å². The molecule has 2 N–H and O–H groups in total. The fraction of sp³-hybridized carbons (Fsp3) is 0.185. The quantitative estimate of drug-likeness (QED) is 0.398. The molecule has 0 fully saturated rings.